The maximum Gasteiger partial charge on any atom is 0.171 e. The molecule has 1 fully saturated rings. The van der Waals surface area contributed by atoms with Gasteiger partial charge in [0, 0.05) is 11.6 Å². The molecule has 0 radical (unpaired) electrons. The van der Waals surface area contributed by atoms with Crippen LogP contribution in [0, 0.1) is 0 Å². The van der Waals surface area contributed by atoms with Crippen molar-refractivity contribution in [3.8, 4) is 11.5 Å². The summed E-state index contributed by atoms with van der Waals surface area (Å²) in [6, 6.07) is 4.01. The van der Waals surface area contributed by atoms with E-state index in [0.717, 1.165) is 31.2 Å². The molecule has 1 heterocycles. The zero-order valence-corrected chi connectivity index (χ0v) is 10.2. The Morgan fingerprint density at radius 2 is 2.06 bits per heavy atom. The highest BCUT2D eigenvalue weighted by Gasteiger charge is 2.23. The van der Waals surface area contributed by atoms with Crippen LogP contribution in [0.5, 0.6) is 11.5 Å². The third-order valence-corrected chi connectivity index (χ3v) is 3.14. The summed E-state index contributed by atoms with van der Waals surface area (Å²) in [4.78, 5) is 10.9. The summed E-state index contributed by atoms with van der Waals surface area (Å²) in [7, 11) is 3.15. The molecule has 1 N–H and O–H groups in total. The van der Waals surface area contributed by atoms with E-state index in [1.54, 1.807) is 20.3 Å². The minimum Gasteiger partial charge on any atom is -0.492 e. The number of benzene rings is 1. The van der Waals surface area contributed by atoms with Crippen molar-refractivity contribution in [2.75, 3.05) is 20.8 Å². The van der Waals surface area contributed by atoms with E-state index >= 15 is 0 Å². The van der Waals surface area contributed by atoms with Gasteiger partial charge in [-0.3, -0.25) is 4.79 Å². The van der Waals surface area contributed by atoms with E-state index in [4.69, 9.17) is 9.47 Å². The summed E-state index contributed by atoms with van der Waals surface area (Å²) in [6.45, 7) is 1.02. The Bertz CT molecular complexity index is 411. The van der Waals surface area contributed by atoms with Gasteiger partial charge in [-0.25, -0.2) is 0 Å². The van der Waals surface area contributed by atoms with E-state index in [1.165, 1.54) is 0 Å². The highest BCUT2D eigenvalue weighted by molar-refractivity contribution is 5.82. The van der Waals surface area contributed by atoms with Crippen LogP contribution in [0.25, 0.3) is 0 Å². The van der Waals surface area contributed by atoms with Crippen LogP contribution in [-0.2, 0) is 0 Å². The first-order valence-corrected chi connectivity index (χ1v) is 5.75. The molecular weight excluding hydrogens is 218 g/mol. The van der Waals surface area contributed by atoms with Crippen LogP contribution in [0.2, 0.25) is 0 Å². The summed E-state index contributed by atoms with van der Waals surface area (Å²) in [5, 5.41) is 3.41. The molecule has 1 aromatic carbocycles. The topological polar surface area (TPSA) is 47.6 Å². The van der Waals surface area contributed by atoms with Crippen LogP contribution in [0.1, 0.15) is 34.8 Å². The van der Waals surface area contributed by atoms with Gasteiger partial charge in [0.15, 0.2) is 17.8 Å². The van der Waals surface area contributed by atoms with Crippen LogP contribution in [0.3, 0.4) is 0 Å². The molecule has 2 rings (SSSR count). The van der Waals surface area contributed by atoms with Crippen LogP contribution in [-0.4, -0.2) is 27.1 Å². The fourth-order valence-corrected chi connectivity index (χ4v) is 2.33. The zero-order chi connectivity index (χ0) is 12.3. The lowest BCUT2D eigenvalue weighted by Crippen LogP contribution is -2.14. The molecule has 17 heavy (non-hydrogen) atoms. The van der Waals surface area contributed by atoms with Crippen molar-refractivity contribution in [1.29, 1.82) is 0 Å². The molecule has 0 amide bonds. The molecule has 1 aliphatic rings. The van der Waals surface area contributed by atoms with Gasteiger partial charge in [-0.05, 0) is 25.5 Å². The van der Waals surface area contributed by atoms with Gasteiger partial charge in [0.05, 0.1) is 19.8 Å². The monoisotopic (exact) mass is 235 g/mol. The second-order valence-corrected chi connectivity index (χ2v) is 4.08. The molecule has 4 heteroatoms. The number of methoxy groups -OCH3 is 2. The average Bonchev–Trinajstić information content (AvgIpc) is 2.90. The van der Waals surface area contributed by atoms with Crippen molar-refractivity contribution >= 4 is 6.29 Å². The second kappa shape index (κ2) is 5.19. The molecule has 1 unspecified atom stereocenters. The van der Waals surface area contributed by atoms with Gasteiger partial charge >= 0.3 is 0 Å². The van der Waals surface area contributed by atoms with Gasteiger partial charge in [-0.1, -0.05) is 6.07 Å². The predicted molar refractivity (Wildman–Crippen MR) is 64.9 cm³/mol. The van der Waals surface area contributed by atoms with Crippen LogP contribution < -0.4 is 14.8 Å². The smallest absolute Gasteiger partial charge is 0.171 e. The number of carbonyl (C=O) groups is 1. The fraction of sp³-hybridized carbons (Fsp3) is 0.462. The van der Waals surface area contributed by atoms with E-state index in [1.807, 2.05) is 6.07 Å². The summed E-state index contributed by atoms with van der Waals surface area (Å²) in [5.74, 6) is 1.19. The molecule has 0 spiro atoms. The first kappa shape index (κ1) is 11.9. The number of aldehydes is 1. The van der Waals surface area contributed by atoms with Crippen molar-refractivity contribution in [2.45, 2.75) is 18.9 Å². The summed E-state index contributed by atoms with van der Waals surface area (Å²) in [6.07, 6.45) is 3.03. The van der Waals surface area contributed by atoms with Gasteiger partial charge < -0.3 is 14.8 Å². The molecule has 1 atom stereocenters. The van der Waals surface area contributed by atoms with Crippen molar-refractivity contribution in [2.24, 2.45) is 0 Å². The number of carbonyl (C=O) groups excluding carboxylic acids is 1. The number of rotatable bonds is 4. The Balaban J connectivity index is 2.48. The number of hydrogen-bond acceptors (Lipinski definition) is 4. The van der Waals surface area contributed by atoms with Gasteiger partial charge in [-0.15, -0.1) is 0 Å². The average molecular weight is 235 g/mol. The Morgan fingerprint density at radius 1 is 1.29 bits per heavy atom. The third-order valence-electron chi connectivity index (χ3n) is 3.14. The first-order chi connectivity index (χ1) is 8.31. The molecule has 1 aliphatic heterocycles. The van der Waals surface area contributed by atoms with Gasteiger partial charge in [-0.2, -0.15) is 0 Å². The molecular formula is C13H17NO3. The maximum absolute atomic E-state index is 10.9. The van der Waals surface area contributed by atoms with Crippen molar-refractivity contribution in [1.82, 2.24) is 5.32 Å². The number of hydrogen-bond donors (Lipinski definition) is 1. The van der Waals surface area contributed by atoms with Gasteiger partial charge in [0.25, 0.3) is 0 Å². The Labute approximate surface area is 101 Å². The molecule has 1 aromatic rings. The molecule has 0 aliphatic carbocycles. The van der Waals surface area contributed by atoms with Gasteiger partial charge in [0.2, 0.25) is 0 Å². The normalized spacial score (nSPS) is 19.1. The predicted octanol–water partition coefficient (Wildman–Crippen LogP) is 1.94. The van der Waals surface area contributed by atoms with Crippen molar-refractivity contribution < 1.29 is 14.3 Å². The van der Waals surface area contributed by atoms with Crippen molar-refractivity contribution in [3.05, 3.63) is 23.3 Å². The van der Waals surface area contributed by atoms with Crippen LogP contribution in [0.4, 0.5) is 0 Å². The standard InChI is InChI=1S/C13H17NO3/c1-16-12-9(8-15)5-6-10(13(12)17-2)11-4-3-7-14-11/h5-6,8,11,14H,3-4,7H2,1-2H3. The summed E-state index contributed by atoms with van der Waals surface area (Å²) < 4.78 is 10.7. The van der Waals surface area contributed by atoms with E-state index < -0.39 is 0 Å². The van der Waals surface area contributed by atoms with E-state index in [-0.39, 0.29) is 0 Å². The zero-order valence-electron chi connectivity index (χ0n) is 10.2. The van der Waals surface area contributed by atoms with Gasteiger partial charge in [0.1, 0.15) is 0 Å². The Kier molecular flexibility index (Phi) is 3.64. The number of ether oxygens (including phenoxy) is 2. The molecule has 92 valence electrons. The SMILES string of the molecule is COc1c(C=O)ccc(C2CCCN2)c1OC. The second-order valence-electron chi connectivity index (χ2n) is 4.08. The third kappa shape index (κ3) is 2.13. The van der Waals surface area contributed by atoms with E-state index in [0.29, 0.717) is 23.1 Å². The molecule has 1 saturated heterocycles. The molecule has 0 aromatic heterocycles. The minimum atomic E-state index is 0.291. The number of nitrogens with one attached hydrogen (secondary N) is 1. The lowest BCUT2D eigenvalue weighted by atomic mass is 10.0. The van der Waals surface area contributed by atoms with Crippen LogP contribution in [0.15, 0.2) is 12.1 Å². The highest BCUT2D eigenvalue weighted by atomic mass is 16.5. The summed E-state index contributed by atoms with van der Waals surface area (Å²) in [5.41, 5.74) is 1.58. The Morgan fingerprint density at radius 3 is 2.59 bits per heavy atom. The lowest BCUT2D eigenvalue weighted by Gasteiger charge is -2.18. The van der Waals surface area contributed by atoms with Crippen LogP contribution >= 0.6 is 0 Å². The first-order valence-electron chi connectivity index (χ1n) is 5.75. The lowest BCUT2D eigenvalue weighted by molar-refractivity contribution is 0.112. The quantitative estimate of drug-likeness (QED) is 0.810. The molecule has 0 saturated carbocycles. The molecule has 0 bridgehead atoms. The van der Waals surface area contributed by atoms with E-state index in [2.05, 4.69) is 5.32 Å². The van der Waals surface area contributed by atoms with E-state index in [9.17, 15) is 4.79 Å². The maximum atomic E-state index is 10.9. The Hall–Kier alpha value is -1.55. The fourth-order valence-electron chi connectivity index (χ4n) is 2.33. The van der Waals surface area contributed by atoms with Crippen molar-refractivity contribution in [3.63, 3.8) is 0 Å². The highest BCUT2D eigenvalue weighted by Crippen LogP contribution is 2.39. The minimum absolute atomic E-state index is 0.291. The molecule has 4 nitrogen and oxygen atoms in total. The summed E-state index contributed by atoms with van der Waals surface area (Å²) >= 11 is 0. The largest absolute Gasteiger partial charge is 0.492 e.